The van der Waals surface area contributed by atoms with Crippen LogP contribution in [0.15, 0.2) is 79.0 Å². The van der Waals surface area contributed by atoms with Crippen molar-refractivity contribution in [3.63, 3.8) is 0 Å². The number of aromatic nitrogens is 3. The molecule has 6 rings (SSSR count). The van der Waals surface area contributed by atoms with Crippen LogP contribution in [0.5, 0.6) is 5.75 Å². The number of fused-ring (bicyclic) bond motifs is 1. The highest BCUT2D eigenvalue weighted by Crippen LogP contribution is 2.40. The Labute approximate surface area is 321 Å². The number of benzene rings is 3. The van der Waals surface area contributed by atoms with Crippen LogP contribution in [0.4, 0.5) is 10.2 Å². The molecule has 10 heteroatoms. The van der Waals surface area contributed by atoms with Gasteiger partial charge in [-0.15, -0.1) is 0 Å². The van der Waals surface area contributed by atoms with Crippen molar-refractivity contribution < 1.29 is 18.3 Å². The number of hydrogen-bond acceptors (Lipinski definition) is 6. The molecule has 3 aromatic carbocycles. The van der Waals surface area contributed by atoms with Crippen molar-refractivity contribution in [2.24, 2.45) is 0 Å². The van der Waals surface area contributed by atoms with Crippen LogP contribution >= 0.6 is 0 Å². The molecule has 5 aromatic rings. The zero-order valence-corrected chi connectivity index (χ0v) is 34.3. The molecule has 2 N–H and O–H groups in total. The summed E-state index contributed by atoms with van der Waals surface area (Å²) >= 11 is 0. The van der Waals surface area contributed by atoms with E-state index >= 15 is 4.39 Å². The van der Waals surface area contributed by atoms with Crippen LogP contribution in [0.1, 0.15) is 94.3 Å². The molecule has 1 aliphatic rings. The molecular formula is C44H56FN5O3Si. The van der Waals surface area contributed by atoms with E-state index in [-0.39, 0.29) is 40.9 Å². The average Bonchev–Trinajstić information content (AvgIpc) is 3.47. The lowest BCUT2D eigenvalue weighted by atomic mass is 9.87. The van der Waals surface area contributed by atoms with Crippen LogP contribution in [0.3, 0.4) is 0 Å². The first-order valence-electron chi connectivity index (χ1n) is 19.1. The van der Waals surface area contributed by atoms with Crippen LogP contribution in [0.25, 0.3) is 22.2 Å². The summed E-state index contributed by atoms with van der Waals surface area (Å²) < 4.78 is 29.9. The summed E-state index contributed by atoms with van der Waals surface area (Å²) in [4.78, 5) is 17.7. The number of anilines is 1. The Balaban J connectivity index is 1.24. The van der Waals surface area contributed by atoms with Crippen LogP contribution in [-0.4, -0.2) is 48.2 Å². The number of carbonyl (C=O) groups is 1. The highest BCUT2D eigenvalue weighted by atomic mass is 28.4. The standard InChI is InChI=1S/C44H56FN5O3Si/c1-43(2,3)33-16-14-30(15-17-33)42(51)47-27-32-13-12-31(26-38(32)45)37-24-25-46-41-39(37)40(49-50(41)28-29-10-20-35(52-7)21-11-29)48-34-18-22-36(23-19-34)53-54(8,9)44(4,5)6/h10-17,20-21,24-26,34,36H,18-19,22-23,27-28H2,1-9H3,(H,47,51)(H,48,49). The molecule has 0 unspecified atom stereocenters. The maximum absolute atomic E-state index is 15.8. The molecule has 0 bridgehead atoms. The van der Waals surface area contributed by atoms with Crippen LogP contribution in [-0.2, 0) is 22.9 Å². The summed E-state index contributed by atoms with van der Waals surface area (Å²) in [5.74, 6) is 0.903. The first-order chi connectivity index (χ1) is 25.5. The fourth-order valence-electron chi connectivity index (χ4n) is 6.82. The summed E-state index contributed by atoms with van der Waals surface area (Å²) in [5.41, 5.74) is 5.43. The lowest BCUT2D eigenvalue weighted by molar-refractivity contribution is 0.0950. The predicted octanol–water partition coefficient (Wildman–Crippen LogP) is 10.3. The SMILES string of the molecule is COc1ccc(Cn2nc(NC3CCC(O[Si](C)(C)C(C)(C)C)CC3)c3c(-c4ccc(CNC(=O)c5ccc(C(C)(C)C)cc5)c(F)c4)ccnc32)cc1. The lowest BCUT2D eigenvalue weighted by Gasteiger charge is -2.41. The summed E-state index contributed by atoms with van der Waals surface area (Å²) in [6.45, 7) is 18.5. The Kier molecular flexibility index (Phi) is 11.4. The molecule has 0 saturated heterocycles. The van der Waals surface area contributed by atoms with Gasteiger partial charge in [0, 0.05) is 36.0 Å². The minimum atomic E-state index is -1.86. The van der Waals surface area contributed by atoms with Gasteiger partial charge in [-0.25, -0.2) is 14.1 Å². The zero-order chi connectivity index (χ0) is 38.8. The molecule has 8 nitrogen and oxygen atoms in total. The van der Waals surface area contributed by atoms with Crippen LogP contribution < -0.4 is 15.4 Å². The van der Waals surface area contributed by atoms with Gasteiger partial charge in [-0.3, -0.25) is 4.79 Å². The third kappa shape index (κ3) is 8.87. The Hall–Kier alpha value is -4.54. The maximum atomic E-state index is 15.8. The molecule has 1 saturated carbocycles. The molecule has 286 valence electrons. The molecule has 1 amide bonds. The Morgan fingerprint density at radius 1 is 0.926 bits per heavy atom. The van der Waals surface area contributed by atoms with E-state index in [2.05, 4.69) is 65.3 Å². The monoisotopic (exact) mass is 749 g/mol. The molecular weight excluding hydrogens is 694 g/mol. The van der Waals surface area contributed by atoms with Gasteiger partial charge in [0.25, 0.3) is 5.91 Å². The topological polar surface area (TPSA) is 90.3 Å². The Morgan fingerprint density at radius 3 is 2.22 bits per heavy atom. The number of rotatable bonds is 11. The second kappa shape index (κ2) is 15.7. The normalized spacial score (nSPS) is 16.7. The van der Waals surface area contributed by atoms with Gasteiger partial charge >= 0.3 is 0 Å². The third-order valence-electron chi connectivity index (χ3n) is 11.2. The van der Waals surface area contributed by atoms with Gasteiger partial charge in [0.2, 0.25) is 0 Å². The van der Waals surface area contributed by atoms with Gasteiger partial charge < -0.3 is 19.8 Å². The largest absolute Gasteiger partial charge is 0.497 e. The van der Waals surface area contributed by atoms with E-state index in [1.807, 2.05) is 65.3 Å². The van der Waals surface area contributed by atoms with Crippen molar-refractivity contribution in [3.8, 4) is 16.9 Å². The van der Waals surface area contributed by atoms with Crippen molar-refractivity contribution in [1.29, 1.82) is 0 Å². The first-order valence-corrected chi connectivity index (χ1v) is 22.0. The van der Waals surface area contributed by atoms with E-state index in [4.69, 9.17) is 19.2 Å². The number of halogens is 1. The Bertz CT molecular complexity index is 2070. The number of nitrogens with one attached hydrogen (secondary N) is 2. The van der Waals surface area contributed by atoms with Crippen LogP contribution in [0, 0.1) is 5.82 Å². The lowest BCUT2D eigenvalue weighted by Crippen LogP contribution is -2.45. The molecule has 0 atom stereocenters. The van der Waals surface area contributed by atoms with Crippen molar-refractivity contribution in [2.75, 3.05) is 12.4 Å². The third-order valence-corrected chi connectivity index (χ3v) is 15.8. The van der Waals surface area contributed by atoms with Crippen molar-refractivity contribution in [3.05, 3.63) is 107 Å². The van der Waals surface area contributed by atoms with Crippen molar-refractivity contribution >= 4 is 31.1 Å². The van der Waals surface area contributed by atoms with Gasteiger partial charge in [0.15, 0.2) is 19.8 Å². The van der Waals surface area contributed by atoms with Gasteiger partial charge in [0.05, 0.1) is 19.0 Å². The number of amides is 1. The molecule has 1 aliphatic carbocycles. The van der Waals surface area contributed by atoms with Gasteiger partial charge in [0.1, 0.15) is 11.6 Å². The highest BCUT2D eigenvalue weighted by Gasteiger charge is 2.40. The number of methoxy groups -OCH3 is 1. The molecule has 54 heavy (non-hydrogen) atoms. The smallest absolute Gasteiger partial charge is 0.251 e. The van der Waals surface area contributed by atoms with Crippen molar-refractivity contribution in [1.82, 2.24) is 20.1 Å². The molecule has 2 heterocycles. The summed E-state index contributed by atoms with van der Waals surface area (Å²) in [5, 5.41) is 12.8. The van der Waals surface area contributed by atoms with Gasteiger partial charge in [-0.1, -0.05) is 77.9 Å². The van der Waals surface area contributed by atoms with E-state index in [1.54, 1.807) is 25.4 Å². The van der Waals surface area contributed by atoms with E-state index < -0.39 is 8.32 Å². The zero-order valence-electron chi connectivity index (χ0n) is 33.3. The van der Waals surface area contributed by atoms with Crippen molar-refractivity contribution in [2.45, 2.75) is 116 Å². The minimum absolute atomic E-state index is 0.00810. The highest BCUT2D eigenvalue weighted by molar-refractivity contribution is 6.74. The Morgan fingerprint density at radius 2 is 1.61 bits per heavy atom. The average molecular weight is 750 g/mol. The number of ether oxygens (including phenoxy) is 1. The van der Waals surface area contributed by atoms with Crippen LogP contribution in [0.2, 0.25) is 18.1 Å². The molecule has 0 radical (unpaired) electrons. The summed E-state index contributed by atoms with van der Waals surface area (Å²) in [6, 6.07) is 22.9. The summed E-state index contributed by atoms with van der Waals surface area (Å²) in [6.07, 6.45) is 5.95. The van der Waals surface area contributed by atoms with Gasteiger partial charge in [-0.2, -0.15) is 5.10 Å². The number of nitrogens with zero attached hydrogens (tertiary/aromatic N) is 3. The number of hydrogen-bond donors (Lipinski definition) is 2. The summed E-state index contributed by atoms with van der Waals surface area (Å²) in [7, 11) is -0.199. The predicted molar refractivity (Wildman–Crippen MR) is 219 cm³/mol. The molecule has 2 aromatic heterocycles. The first kappa shape index (κ1) is 39.2. The quantitative estimate of drug-likeness (QED) is 0.131. The fraction of sp³-hybridized carbons (Fsp3) is 0.432. The van der Waals surface area contributed by atoms with E-state index in [0.29, 0.717) is 23.2 Å². The fourth-order valence-corrected chi connectivity index (χ4v) is 8.25. The molecule has 0 aliphatic heterocycles. The van der Waals surface area contributed by atoms with E-state index in [0.717, 1.165) is 65.0 Å². The minimum Gasteiger partial charge on any atom is -0.497 e. The number of pyridine rings is 1. The second-order valence-electron chi connectivity index (χ2n) is 17.2. The second-order valence-corrected chi connectivity index (χ2v) is 22.0. The van der Waals surface area contributed by atoms with E-state index in [9.17, 15) is 4.79 Å². The maximum Gasteiger partial charge on any atom is 0.251 e. The molecule has 0 spiro atoms. The molecule has 1 fully saturated rings. The van der Waals surface area contributed by atoms with E-state index in [1.165, 1.54) is 0 Å². The number of carbonyl (C=O) groups excluding carboxylic acids is 1. The van der Waals surface area contributed by atoms with Gasteiger partial charge in [-0.05, 0) is 108 Å².